The minimum Gasteiger partial charge on any atom is -0.329 e. The molecule has 2 rings (SSSR count). The third-order valence-electron chi connectivity index (χ3n) is 4.16. The quantitative estimate of drug-likeness (QED) is 0.753. The Balaban J connectivity index is 0.00000288. The Bertz CT molecular complexity index is 665. The van der Waals surface area contributed by atoms with E-state index in [0.717, 1.165) is 10.6 Å². The summed E-state index contributed by atoms with van der Waals surface area (Å²) in [5.74, 6) is -0.0875. The maximum absolute atomic E-state index is 12.5. The van der Waals surface area contributed by atoms with Crippen molar-refractivity contribution >= 4 is 46.4 Å². The number of carbonyl (C=O) groups is 1. The fourth-order valence-electron chi connectivity index (χ4n) is 2.38. The fourth-order valence-corrected chi connectivity index (χ4v) is 3.36. The average Bonchev–Trinajstić information content (AvgIpc) is 2.96. The normalized spacial score (nSPS) is 11.0. The Hall–Kier alpha value is -1.21. The Labute approximate surface area is 157 Å². The van der Waals surface area contributed by atoms with Gasteiger partial charge in [-0.2, -0.15) is 0 Å². The molecular formula is C16H22Cl2N4OS. The van der Waals surface area contributed by atoms with E-state index in [1.165, 1.54) is 11.3 Å². The lowest BCUT2D eigenvalue weighted by Crippen LogP contribution is -2.41. The van der Waals surface area contributed by atoms with E-state index in [9.17, 15) is 4.79 Å². The second-order valence-corrected chi connectivity index (χ2v) is 6.95. The summed E-state index contributed by atoms with van der Waals surface area (Å²) in [6, 6.07) is 7.62. The molecule has 0 unspecified atom stereocenters. The van der Waals surface area contributed by atoms with Gasteiger partial charge in [-0.05, 0) is 30.5 Å². The van der Waals surface area contributed by atoms with Crippen LogP contribution in [0.2, 0.25) is 5.02 Å². The van der Waals surface area contributed by atoms with Gasteiger partial charge in [0.2, 0.25) is 11.0 Å². The molecule has 0 saturated carbocycles. The van der Waals surface area contributed by atoms with Crippen molar-refractivity contribution in [3.05, 3.63) is 39.9 Å². The topological polar surface area (TPSA) is 80.9 Å². The van der Waals surface area contributed by atoms with Crippen molar-refractivity contribution in [2.75, 3.05) is 11.9 Å². The molecule has 0 radical (unpaired) electrons. The van der Waals surface area contributed by atoms with E-state index in [0.29, 0.717) is 36.0 Å². The standard InChI is InChI=1S/C16H21ClN4OS.ClH/c1-3-16(4-2,10-18)14(22)19-15-21-20-13(23-15)9-11-6-5-7-12(17)8-11;/h5-8H,3-4,9-10,18H2,1-2H3,(H,19,21,22);1H. The monoisotopic (exact) mass is 388 g/mol. The van der Waals surface area contributed by atoms with Gasteiger partial charge in [-0.25, -0.2) is 0 Å². The molecule has 0 aliphatic heterocycles. The number of nitrogens with zero attached hydrogens (tertiary/aromatic N) is 2. The van der Waals surface area contributed by atoms with Gasteiger partial charge in [0, 0.05) is 18.0 Å². The van der Waals surface area contributed by atoms with Crippen LogP contribution >= 0.6 is 35.3 Å². The smallest absolute Gasteiger partial charge is 0.233 e. The van der Waals surface area contributed by atoms with Crippen molar-refractivity contribution in [1.29, 1.82) is 0 Å². The van der Waals surface area contributed by atoms with Crippen molar-refractivity contribution in [1.82, 2.24) is 10.2 Å². The summed E-state index contributed by atoms with van der Waals surface area (Å²) in [7, 11) is 0. The van der Waals surface area contributed by atoms with Crippen molar-refractivity contribution < 1.29 is 4.79 Å². The summed E-state index contributed by atoms with van der Waals surface area (Å²) >= 11 is 7.35. The zero-order valence-electron chi connectivity index (χ0n) is 13.7. The van der Waals surface area contributed by atoms with Crippen LogP contribution in [0.25, 0.3) is 0 Å². The van der Waals surface area contributed by atoms with Crippen molar-refractivity contribution in [3.63, 3.8) is 0 Å². The summed E-state index contributed by atoms with van der Waals surface area (Å²) in [4.78, 5) is 12.5. The van der Waals surface area contributed by atoms with E-state index in [4.69, 9.17) is 17.3 Å². The predicted molar refractivity (Wildman–Crippen MR) is 102 cm³/mol. The van der Waals surface area contributed by atoms with E-state index in [-0.39, 0.29) is 18.3 Å². The number of nitrogens with two attached hydrogens (primary N) is 1. The Morgan fingerprint density at radius 2 is 2.04 bits per heavy atom. The highest BCUT2D eigenvalue weighted by Crippen LogP contribution is 2.28. The molecule has 0 atom stereocenters. The van der Waals surface area contributed by atoms with Crippen molar-refractivity contribution in [2.24, 2.45) is 11.1 Å². The molecule has 8 heteroatoms. The number of hydrogen-bond donors (Lipinski definition) is 2. The van der Waals surface area contributed by atoms with Crippen LogP contribution in [-0.4, -0.2) is 22.6 Å². The Kier molecular flexibility index (Phi) is 8.09. The van der Waals surface area contributed by atoms with E-state index >= 15 is 0 Å². The minimum atomic E-state index is -0.543. The zero-order valence-corrected chi connectivity index (χ0v) is 16.1. The summed E-state index contributed by atoms with van der Waals surface area (Å²) in [6.07, 6.45) is 2.03. The first kappa shape index (κ1) is 20.8. The predicted octanol–water partition coefficient (Wildman–Crippen LogP) is 3.91. The highest BCUT2D eigenvalue weighted by Gasteiger charge is 2.33. The number of halogens is 2. The number of anilines is 1. The molecule has 24 heavy (non-hydrogen) atoms. The number of aromatic nitrogens is 2. The number of rotatable bonds is 7. The molecule has 0 fully saturated rings. The van der Waals surface area contributed by atoms with Crippen LogP contribution in [0, 0.1) is 5.41 Å². The molecule has 132 valence electrons. The lowest BCUT2D eigenvalue weighted by molar-refractivity contribution is -0.125. The number of nitrogens with one attached hydrogen (secondary N) is 1. The largest absolute Gasteiger partial charge is 0.329 e. The second-order valence-electron chi connectivity index (χ2n) is 5.45. The number of benzene rings is 1. The van der Waals surface area contributed by atoms with E-state index in [1.54, 1.807) is 0 Å². The highest BCUT2D eigenvalue weighted by molar-refractivity contribution is 7.15. The fraction of sp³-hybridized carbons (Fsp3) is 0.438. The number of hydrogen-bond acceptors (Lipinski definition) is 5. The summed E-state index contributed by atoms with van der Waals surface area (Å²) in [5, 5.41) is 13.1. The van der Waals surface area contributed by atoms with Gasteiger partial charge in [0.1, 0.15) is 5.01 Å². The molecule has 2 aromatic rings. The molecular weight excluding hydrogens is 367 g/mol. The van der Waals surface area contributed by atoms with E-state index in [2.05, 4.69) is 15.5 Å². The van der Waals surface area contributed by atoms with Gasteiger partial charge >= 0.3 is 0 Å². The van der Waals surface area contributed by atoms with Crippen molar-refractivity contribution in [2.45, 2.75) is 33.1 Å². The van der Waals surface area contributed by atoms with Gasteiger partial charge in [-0.15, -0.1) is 22.6 Å². The summed E-state index contributed by atoms with van der Waals surface area (Å²) in [5.41, 5.74) is 6.32. The van der Waals surface area contributed by atoms with Crippen LogP contribution in [0.1, 0.15) is 37.3 Å². The van der Waals surface area contributed by atoms with Gasteiger partial charge in [0.15, 0.2) is 0 Å². The summed E-state index contributed by atoms with van der Waals surface area (Å²) < 4.78 is 0. The van der Waals surface area contributed by atoms with Crippen LogP contribution < -0.4 is 11.1 Å². The van der Waals surface area contributed by atoms with E-state index < -0.39 is 5.41 Å². The molecule has 0 saturated heterocycles. The molecule has 3 N–H and O–H groups in total. The molecule has 0 aliphatic carbocycles. The van der Waals surface area contributed by atoms with Gasteiger partial charge < -0.3 is 5.73 Å². The minimum absolute atomic E-state index is 0. The second kappa shape index (κ2) is 9.32. The van der Waals surface area contributed by atoms with Crippen LogP contribution in [0.4, 0.5) is 5.13 Å². The Morgan fingerprint density at radius 1 is 1.33 bits per heavy atom. The van der Waals surface area contributed by atoms with Crippen LogP contribution in [0.5, 0.6) is 0 Å². The average molecular weight is 389 g/mol. The lowest BCUT2D eigenvalue weighted by Gasteiger charge is -2.27. The van der Waals surface area contributed by atoms with Gasteiger partial charge in [-0.3, -0.25) is 10.1 Å². The van der Waals surface area contributed by atoms with Crippen molar-refractivity contribution in [3.8, 4) is 0 Å². The molecule has 0 aliphatic rings. The summed E-state index contributed by atoms with van der Waals surface area (Å²) in [6.45, 7) is 4.27. The molecule has 1 amide bonds. The number of carbonyl (C=O) groups excluding carboxylic acids is 1. The third kappa shape index (κ3) is 4.89. The number of amides is 1. The molecule has 1 heterocycles. The molecule has 1 aromatic heterocycles. The lowest BCUT2D eigenvalue weighted by atomic mass is 9.81. The van der Waals surface area contributed by atoms with E-state index in [1.807, 2.05) is 38.1 Å². The highest BCUT2D eigenvalue weighted by atomic mass is 35.5. The van der Waals surface area contributed by atoms with Crippen LogP contribution in [0.3, 0.4) is 0 Å². The maximum atomic E-state index is 12.5. The van der Waals surface area contributed by atoms with Gasteiger partial charge in [-0.1, -0.05) is 48.9 Å². The molecule has 0 bridgehead atoms. The van der Waals surface area contributed by atoms with Crippen LogP contribution in [0.15, 0.2) is 24.3 Å². The SMILES string of the molecule is CCC(CC)(CN)C(=O)Nc1nnc(Cc2cccc(Cl)c2)s1.Cl. The first-order valence-corrected chi connectivity index (χ1v) is 8.80. The maximum Gasteiger partial charge on any atom is 0.233 e. The Morgan fingerprint density at radius 3 is 2.62 bits per heavy atom. The first-order chi connectivity index (χ1) is 11.0. The first-order valence-electron chi connectivity index (χ1n) is 7.61. The van der Waals surface area contributed by atoms with Gasteiger partial charge in [0.25, 0.3) is 0 Å². The third-order valence-corrected chi connectivity index (χ3v) is 5.23. The molecule has 1 aromatic carbocycles. The van der Waals surface area contributed by atoms with Crippen LogP contribution in [-0.2, 0) is 11.2 Å². The molecule has 0 spiro atoms. The zero-order chi connectivity index (χ0) is 16.9. The molecule has 5 nitrogen and oxygen atoms in total. The van der Waals surface area contributed by atoms with Gasteiger partial charge in [0.05, 0.1) is 5.41 Å².